The fourth-order valence-electron chi connectivity index (χ4n) is 3.32. The van der Waals surface area contributed by atoms with Crippen molar-refractivity contribution in [3.8, 4) is 11.8 Å². The molecule has 12 heteroatoms. The van der Waals surface area contributed by atoms with Crippen LogP contribution >= 0.6 is 0 Å². The predicted octanol–water partition coefficient (Wildman–Crippen LogP) is 3.90. The molecule has 182 valence electrons. The van der Waals surface area contributed by atoms with Gasteiger partial charge in [0.1, 0.15) is 47.9 Å². The molecule has 0 fully saturated rings. The van der Waals surface area contributed by atoms with Crippen LogP contribution < -0.4 is 16.4 Å². The third-order valence-corrected chi connectivity index (χ3v) is 5.06. The van der Waals surface area contributed by atoms with Crippen molar-refractivity contribution in [3.63, 3.8) is 0 Å². The second kappa shape index (κ2) is 10.8. The molecule has 0 bridgehead atoms. The van der Waals surface area contributed by atoms with E-state index >= 15 is 8.78 Å². The maximum Gasteiger partial charge on any atom is 0.298 e. The fourth-order valence-corrected chi connectivity index (χ4v) is 3.32. The van der Waals surface area contributed by atoms with Crippen molar-refractivity contribution >= 4 is 6.34 Å². The molecule has 3 rings (SSSR count). The van der Waals surface area contributed by atoms with Crippen molar-refractivity contribution in [3.05, 3.63) is 94.6 Å². The van der Waals surface area contributed by atoms with E-state index in [1.54, 1.807) is 6.07 Å². The van der Waals surface area contributed by atoms with E-state index in [0.29, 0.717) is 6.07 Å². The smallest absolute Gasteiger partial charge is 0.298 e. The van der Waals surface area contributed by atoms with Crippen molar-refractivity contribution < 1.29 is 26.7 Å². The number of nitrogens with two attached hydrogens (primary N) is 2. The van der Waals surface area contributed by atoms with Crippen LogP contribution in [0, 0.1) is 28.8 Å². The number of hydrogen-bond donors (Lipinski definition) is 2. The van der Waals surface area contributed by atoms with Gasteiger partial charge in [-0.25, -0.2) is 19.0 Å². The third-order valence-electron chi connectivity index (χ3n) is 5.06. The molecule has 35 heavy (non-hydrogen) atoms. The van der Waals surface area contributed by atoms with Gasteiger partial charge in [-0.2, -0.15) is 19.1 Å². The molecule has 1 aromatic heterocycles. The first-order valence-corrected chi connectivity index (χ1v) is 10.0. The zero-order valence-corrected chi connectivity index (χ0v) is 18.0. The van der Waals surface area contributed by atoms with Crippen molar-refractivity contribution in [2.75, 3.05) is 6.54 Å². The summed E-state index contributed by atoms with van der Waals surface area (Å²) in [6, 6.07) is 10.3. The summed E-state index contributed by atoms with van der Waals surface area (Å²) in [5.41, 5.74) is -1.30. The van der Waals surface area contributed by atoms with Crippen molar-refractivity contribution in [2.24, 2.45) is 16.8 Å². The second-order valence-electron chi connectivity index (χ2n) is 7.36. The number of rotatable bonds is 9. The molecule has 7 nitrogen and oxygen atoms in total. The number of ether oxygens (including phenoxy) is 1. The lowest BCUT2D eigenvalue weighted by atomic mass is 9.89. The van der Waals surface area contributed by atoms with Crippen LogP contribution in [0.3, 0.4) is 0 Å². The number of nitriles is 1. The summed E-state index contributed by atoms with van der Waals surface area (Å²) in [4.78, 5) is 3.73. The van der Waals surface area contributed by atoms with Gasteiger partial charge in [0.25, 0.3) is 5.92 Å². The summed E-state index contributed by atoms with van der Waals surface area (Å²) in [5.74, 6) is 2.12. The molecule has 2 aromatic carbocycles. The molecule has 0 radical (unpaired) electrons. The van der Waals surface area contributed by atoms with E-state index < -0.39 is 47.1 Å². The van der Waals surface area contributed by atoms with E-state index in [-0.39, 0.29) is 23.5 Å². The Bertz CT molecular complexity index is 1250. The van der Waals surface area contributed by atoms with Gasteiger partial charge in [-0.15, -0.1) is 0 Å². The molecule has 1 atom stereocenters. The number of benzene rings is 2. The lowest BCUT2D eigenvalue weighted by Gasteiger charge is -2.29. The molecule has 1 unspecified atom stereocenters. The number of hydrazine groups is 1. The topological polar surface area (TPSA) is 114 Å². The highest BCUT2D eigenvalue weighted by atomic mass is 19.3. The number of alkyl halides is 2. The molecular formula is C23H19F5N6O. The quantitative estimate of drug-likeness (QED) is 0.155. The van der Waals surface area contributed by atoms with E-state index in [1.807, 2.05) is 0 Å². The SMILES string of the molecule is N#Cc1cccc(COc2ccc(C(F)(F)C(CN(N)/C=N\N)c3ccc(F)cc3F)nc2)c1F. The maximum atomic E-state index is 15.5. The number of halogens is 5. The number of nitrogens with zero attached hydrogens (tertiary/aromatic N) is 4. The van der Waals surface area contributed by atoms with Gasteiger partial charge in [0.05, 0.1) is 17.7 Å². The first-order chi connectivity index (χ1) is 16.7. The Morgan fingerprint density at radius 2 is 1.94 bits per heavy atom. The molecule has 3 aromatic rings. The van der Waals surface area contributed by atoms with Crippen LogP contribution in [0.4, 0.5) is 22.0 Å². The van der Waals surface area contributed by atoms with Crippen LogP contribution in [-0.2, 0) is 12.5 Å². The van der Waals surface area contributed by atoms with Gasteiger partial charge < -0.3 is 10.6 Å². The van der Waals surface area contributed by atoms with Crippen molar-refractivity contribution in [2.45, 2.75) is 18.4 Å². The Labute approximate surface area is 197 Å². The van der Waals surface area contributed by atoms with Gasteiger partial charge in [-0.1, -0.05) is 18.2 Å². The molecule has 0 aliphatic rings. The Morgan fingerprint density at radius 1 is 1.17 bits per heavy atom. The monoisotopic (exact) mass is 490 g/mol. The molecule has 1 heterocycles. The van der Waals surface area contributed by atoms with Crippen LogP contribution in [0.15, 0.2) is 59.8 Å². The van der Waals surface area contributed by atoms with E-state index in [4.69, 9.17) is 21.7 Å². The zero-order valence-electron chi connectivity index (χ0n) is 18.0. The van der Waals surface area contributed by atoms with Crippen LogP contribution in [0.1, 0.15) is 28.3 Å². The lowest BCUT2D eigenvalue weighted by molar-refractivity contribution is -0.0443. The maximum absolute atomic E-state index is 15.5. The Hall–Kier alpha value is -4.24. The van der Waals surface area contributed by atoms with Gasteiger partial charge in [-0.05, 0) is 29.8 Å². The Balaban J connectivity index is 1.86. The molecule has 0 spiro atoms. The van der Waals surface area contributed by atoms with Crippen LogP contribution in [-0.4, -0.2) is 22.9 Å². The summed E-state index contributed by atoms with van der Waals surface area (Å²) in [6.07, 6.45) is 1.87. The third kappa shape index (κ3) is 5.82. The number of hydrogen-bond acceptors (Lipinski definition) is 6. The molecule has 0 aliphatic heterocycles. The molecule has 4 N–H and O–H groups in total. The highest BCUT2D eigenvalue weighted by Crippen LogP contribution is 2.42. The number of pyridine rings is 1. The summed E-state index contributed by atoms with van der Waals surface area (Å²) < 4.78 is 78.3. The van der Waals surface area contributed by atoms with E-state index in [0.717, 1.165) is 35.7 Å². The van der Waals surface area contributed by atoms with Gasteiger partial charge >= 0.3 is 0 Å². The standard InChI is InChI=1S/C23H19F5N6O/c24-16-4-6-18(20(25)8-16)19(11-34(31)13-33-30)23(27,28)21-7-5-17(10-32-21)35-12-15-3-1-2-14(9-29)22(15)26/h1-8,10,13,19H,11-12,30-31H2/b33-13-. The minimum Gasteiger partial charge on any atom is -0.487 e. The molecule has 0 saturated heterocycles. The normalized spacial score (nSPS) is 12.4. The average molecular weight is 490 g/mol. The average Bonchev–Trinajstić information content (AvgIpc) is 2.83. The Morgan fingerprint density at radius 3 is 2.57 bits per heavy atom. The highest BCUT2D eigenvalue weighted by Gasteiger charge is 2.45. The van der Waals surface area contributed by atoms with E-state index in [1.165, 1.54) is 24.3 Å². The summed E-state index contributed by atoms with van der Waals surface area (Å²) in [6.45, 7) is -0.909. The highest BCUT2D eigenvalue weighted by molar-refractivity contribution is 5.53. The second-order valence-corrected chi connectivity index (χ2v) is 7.36. The molecule has 0 saturated carbocycles. The molecular weight excluding hydrogens is 471 g/mol. The first kappa shape index (κ1) is 25.4. The summed E-state index contributed by atoms with van der Waals surface area (Å²) >= 11 is 0. The molecule has 0 amide bonds. The van der Waals surface area contributed by atoms with Crippen LogP contribution in [0.5, 0.6) is 5.75 Å². The predicted molar refractivity (Wildman–Crippen MR) is 116 cm³/mol. The van der Waals surface area contributed by atoms with Gasteiger partial charge in [-0.3, -0.25) is 9.99 Å². The van der Waals surface area contributed by atoms with E-state index in [2.05, 4.69) is 10.1 Å². The zero-order chi connectivity index (χ0) is 25.6. The Kier molecular flexibility index (Phi) is 7.83. The van der Waals surface area contributed by atoms with Crippen LogP contribution in [0.2, 0.25) is 0 Å². The summed E-state index contributed by atoms with van der Waals surface area (Å²) in [7, 11) is 0. The molecule has 0 aliphatic carbocycles. The van der Waals surface area contributed by atoms with Crippen LogP contribution in [0.25, 0.3) is 0 Å². The minimum absolute atomic E-state index is 0.0477. The fraction of sp³-hybridized carbons (Fsp3) is 0.174. The van der Waals surface area contributed by atoms with Crippen molar-refractivity contribution in [1.29, 1.82) is 5.26 Å². The van der Waals surface area contributed by atoms with Gasteiger partial charge in [0, 0.05) is 18.2 Å². The first-order valence-electron chi connectivity index (χ1n) is 10.0. The lowest BCUT2D eigenvalue weighted by Crippen LogP contribution is -2.40. The van der Waals surface area contributed by atoms with Gasteiger partial charge in [0.2, 0.25) is 0 Å². The number of hydrazone groups is 1. The summed E-state index contributed by atoms with van der Waals surface area (Å²) in [5, 5.41) is 12.8. The van der Waals surface area contributed by atoms with Crippen molar-refractivity contribution in [1.82, 2.24) is 9.99 Å². The van der Waals surface area contributed by atoms with E-state index in [9.17, 15) is 13.2 Å². The number of aromatic nitrogens is 1. The minimum atomic E-state index is -3.77. The largest absolute Gasteiger partial charge is 0.487 e. The van der Waals surface area contributed by atoms with Gasteiger partial charge in [0.15, 0.2) is 0 Å².